The van der Waals surface area contributed by atoms with Crippen LogP contribution in [0.15, 0.2) is 29.3 Å². The van der Waals surface area contributed by atoms with E-state index in [1.165, 1.54) is 5.56 Å². The van der Waals surface area contributed by atoms with Crippen LogP contribution in [0.4, 0.5) is 5.69 Å². The number of anilines is 1. The Balaban J connectivity index is 2.63. The number of hydrogen-bond acceptors (Lipinski definition) is 1. The molecule has 3 N–H and O–H groups in total. The lowest BCUT2D eigenvalue weighted by Gasteiger charge is -2.06. The summed E-state index contributed by atoms with van der Waals surface area (Å²) in [7, 11) is 0. The van der Waals surface area contributed by atoms with Crippen LogP contribution in [0, 0.1) is 0 Å². The van der Waals surface area contributed by atoms with Gasteiger partial charge in [0.05, 0.1) is 6.54 Å². The molecule has 0 atom stereocenters. The summed E-state index contributed by atoms with van der Waals surface area (Å²) in [6.07, 6.45) is 1.02. The average molecular weight is 270 g/mol. The first-order valence-electron chi connectivity index (χ1n) is 4.98. The molecule has 0 bridgehead atoms. The zero-order valence-electron chi connectivity index (χ0n) is 8.83. The molecule has 0 saturated carbocycles. The molecule has 0 aliphatic heterocycles. The minimum Gasteiger partial charge on any atom is -0.370 e. The van der Waals surface area contributed by atoms with E-state index in [9.17, 15) is 0 Å². The molecule has 82 valence electrons. The third-order valence-electron chi connectivity index (χ3n) is 1.97. The molecule has 1 rings (SSSR count). The van der Waals surface area contributed by atoms with Crippen molar-refractivity contribution in [2.75, 3.05) is 17.2 Å². The van der Waals surface area contributed by atoms with Crippen molar-refractivity contribution in [2.45, 2.75) is 13.3 Å². The first-order valence-corrected chi connectivity index (χ1v) is 6.10. The van der Waals surface area contributed by atoms with Gasteiger partial charge in [0.25, 0.3) is 0 Å². The Kier molecular flexibility index (Phi) is 5.18. The second kappa shape index (κ2) is 6.45. The van der Waals surface area contributed by atoms with Gasteiger partial charge in [-0.2, -0.15) is 0 Å². The number of benzene rings is 1. The maximum atomic E-state index is 5.70. The van der Waals surface area contributed by atoms with E-state index in [0.29, 0.717) is 12.5 Å². The van der Waals surface area contributed by atoms with Gasteiger partial charge in [0.1, 0.15) is 0 Å². The molecule has 0 saturated heterocycles. The summed E-state index contributed by atoms with van der Waals surface area (Å²) >= 11 is 3.30. The van der Waals surface area contributed by atoms with Crippen LogP contribution in [-0.2, 0) is 6.42 Å². The highest BCUT2D eigenvalue weighted by molar-refractivity contribution is 9.09. The zero-order chi connectivity index (χ0) is 11.1. The summed E-state index contributed by atoms with van der Waals surface area (Å²) in [6, 6.07) is 8.17. The molecule has 1 aromatic rings. The smallest absolute Gasteiger partial charge is 0.193 e. The number of nitrogens with two attached hydrogens (primary N) is 1. The maximum absolute atomic E-state index is 5.70. The van der Waals surface area contributed by atoms with Crippen LogP contribution in [0.5, 0.6) is 0 Å². The van der Waals surface area contributed by atoms with Gasteiger partial charge in [-0.1, -0.05) is 35.0 Å². The van der Waals surface area contributed by atoms with Crippen LogP contribution in [-0.4, -0.2) is 17.8 Å². The molecule has 0 heterocycles. The van der Waals surface area contributed by atoms with Gasteiger partial charge in [-0.15, -0.1) is 0 Å². The van der Waals surface area contributed by atoms with Gasteiger partial charge < -0.3 is 11.1 Å². The van der Waals surface area contributed by atoms with E-state index in [1.807, 2.05) is 12.1 Å². The van der Waals surface area contributed by atoms with E-state index in [0.717, 1.165) is 17.4 Å². The lowest BCUT2D eigenvalue weighted by atomic mass is 10.1. The molecule has 1 aromatic carbocycles. The van der Waals surface area contributed by atoms with Crippen molar-refractivity contribution in [3.8, 4) is 0 Å². The Morgan fingerprint density at radius 1 is 1.53 bits per heavy atom. The third-order valence-corrected chi connectivity index (χ3v) is 2.33. The van der Waals surface area contributed by atoms with Crippen molar-refractivity contribution in [2.24, 2.45) is 10.7 Å². The van der Waals surface area contributed by atoms with Crippen molar-refractivity contribution < 1.29 is 0 Å². The Morgan fingerprint density at radius 3 is 3.00 bits per heavy atom. The highest BCUT2D eigenvalue weighted by Crippen LogP contribution is 2.10. The molecule has 0 aliphatic carbocycles. The van der Waals surface area contributed by atoms with Gasteiger partial charge in [0.2, 0.25) is 0 Å². The van der Waals surface area contributed by atoms with Gasteiger partial charge in [-0.25, -0.2) is 0 Å². The zero-order valence-corrected chi connectivity index (χ0v) is 10.4. The fraction of sp³-hybridized carbons (Fsp3) is 0.364. The van der Waals surface area contributed by atoms with Gasteiger partial charge in [-0.3, -0.25) is 4.99 Å². The monoisotopic (exact) mass is 269 g/mol. The fourth-order valence-corrected chi connectivity index (χ4v) is 1.40. The molecule has 0 unspecified atom stereocenters. The van der Waals surface area contributed by atoms with E-state index in [-0.39, 0.29) is 0 Å². The molecule has 0 spiro atoms. The minimum absolute atomic E-state index is 0.461. The quantitative estimate of drug-likeness (QED) is 0.501. The van der Waals surface area contributed by atoms with E-state index in [2.05, 4.69) is 45.3 Å². The fourth-order valence-electron chi connectivity index (χ4n) is 1.22. The second-order valence-electron chi connectivity index (χ2n) is 3.13. The van der Waals surface area contributed by atoms with Gasteiger partial charge >= 0.3 is 0 Å². The average Bonchev–Trinajstić information content (AvgIpc) is 2.26. The van der Waals surface area contributed by atoms with Gasteiger partial charge in [0.15, 0.2) is 5.96 Å². The SMILES string of the molecule is CCc1cccc(NC(N)=NCCBr)c1. The summed E-state index contributed by atoms with van der Waals surface area (Å²) < 4.78 is 0. The number of nitrogens with one attached hydrogen (secondary N) is 1. The van der Waals surface area contributed by atoms with Crippen molar-refractivity contribution in [1.29, 1.82) is 0 Å². The number of aryl methyl sites for hydroxylation is 1. The van der Waals surface area contributed by atoms with Crippen LogP contribution in [0.2, 0.25) is 0 Å². The Morgan fingerprint density at radius 2 is 2.33 bits per heavy atom. The first-order chi connectivity index (χ1) is 7.26. The predicted molar refractivity (Wildman–Crippen MR) is 69.7 cm³/mol. The number of guanidine groups is 1. The predicted octanol–water partition coefficient (Wildman–Crippen LogP) is 2.37. The van der Waals surface area contributed by atoms with Crippen molar-refractivity contribution in [1.82, 2.24) is 0 Å². The van der Waals surface area contributed by atoms with E-state index >= 15 is 0 Å². The molecular formula is C11H16BrN3. The van der Waals surface area contributed by atoms with Crippen LogP contribution >= 0.6 is 15.9 Å². The van der Waals surface area contributed by atoms with Gasteiger partial charge in [0, 0.05) is 11.0 Å². The Bertz CT molecular complexity index is 336. The van der Waals surface area contributed by atoms with E-state index in [4.69, 9.17) is 5.73 Å². The number of rotatable bonds is 4. The van der Waals surface area contributed by atoms with Crippen LogP contribution in [0.3, 0.4) is 0 Å². The highest BCUT2D eigenvalue weighted by Gasteiger charge is 1.95. The van der Waals surface area contributed by atoms with E-state index < -0.39 is 0 Å². The minimum atomic E-state index is 0.461. The van der Waals surface area contributed by atoms with Crippen LogP contribution in [0.1, 0.15) is 12.5 Å². The summed E-state index contributed by atoms with van der Waals surface area (Å²) in [6.45, 7) is 2.81. The molecule has 0 fully saturated rings. The first kappa shape index (κ1) is 12.0. The Hall–Kier alpha value is -1.03. The molecule has 0 aromatic heterocycles. The Labute approximate surface area is 98.9 Å². The highest BCUT2D eigenvalue weighted by atomic mass is 79.9. The topological polar surface area (TPSA) is 50.4 Å². The summed E-state index contributed by atoms with van der Waals surface area (Å²) in [5.41, 5.74) is 7.98. The number of nitrogens with zero attached hydrogens (tertiary/aromatic N) is 1. The summed E-state index contributed by atoms with van der Waals surface area (Å²) in [5, 5.41) is 3.88. The summed E-state index contributed by atoms with van der Waals surface area (Å²) in [5.74, 6) is 0.461. The molecule has 4 heteroatoms. The van der Waals surface area contributed by atoms with Crippen molar-refractivity contribution in [3.05, 3.63) is 29.8 Å². The third kappa shape index (κ3) is 4.34. The van der Waals surface area contributed by atoms with Crippen molar-refractivity contribution in [3.63, 3.8) is 0 Å². The number of hydrogen-bond donors (Lipinski definition) is 2. The van der Waals surface area contributed by atoms with Crippen LogP contribution in [0.25, 0.3) is 0 Å². The normalized spacial score (nSPS) is 11.5. The lowest BCUT2D eigenvalue weighted by Crippen LogP contribution is -2.23. The van der Waals surface area contributed by atoms with Gasteiger partial charge in [-0.05, 0) is 24.1 Å². The number of alkyl halides is 1. The summed E-state index contributed by atoms with van der Waals surface area (Å²) in [4.78, 5) is 4.13. The largest absolute Gasteiger partial charge is 0.370 e. The standard InChI is InChI=1S/C11H16BrN3/c1-2-9-4-3-5-10(8-9)15-11(13)14-7-6-12/h3-5,8H,2,6-7H2,1H3,(H3,13,14,15). The number of halogens is 1. The lowest BCUT2D eigenvalue weighted by molar-refractivity contribution is 1.13. The maximum Gasteiger partial charge on any atom is 0.193 e. The molecule has 0 amide bonds. The second-order valence-corrected chi connectivity index (χ2v) is 3.93. The molecule has 15 heavy (non-hydrogen) atoms. The van der Waals surface area contributed by atoms with E-state index in [1.54, 1.807) is 0 Å². The van der Waals surface area contributed by atoms with Crippen molar-refractivity contribution >= 4 is 27.6 Å². The molecule has 0 aliphatic rings. The number of aliphatic imine (C=N–C) groups is 1. The molecule has 0 radical (unpaired) electrons. The molecular weight excluding hydrogens is 254 g/mol. The molecule has 3 nitrogen and oxygen atoms in total. The van der Waals surface area contributed by atoms with Crippen LogP contribution < -0.4 is 11.1 Å².